The van der Waals surface area contributed by atoms with E-state index in [1.54, 1.807) is 0 Å². The van der Waals surface area contributed by atoms with Gasteiger partial charge in [-0.05, 0) is 20.0 Å². The van der Waals surface area contributed by atoms with Crippen LogP contribution in [0.25, 0.3) is 11.3 Å². The second-order valence-electron chi connectivity index (χ2n) is 4.45. The van der Waals surface area contributed by atoms with Gasteiger partial charge >= 0.3 is 0 Å². The number of aryl methyl sites for hydroxylation is 1. The van der Waals surface area contributed by atoms with Crippen molar-refractivity contribution in [2.45, 2.75) is 13.3 Å². The Hall–Kier alpha value is -1.32. The molecule has 0 saturated heterocycles. The number of nitrogens with one attached hydrogen (secondary N) is 1. The Morgan fingerprint density at radius 1 is 1.39 bits per heavy atom. The van der Waals surface area contributed by atoms with Crippen molar-refractivity contribution < 1.29 is 0 Å². The van der Waals surface area contributed by atoms with Crippen LogP contribution in [0.3, 0.4) is 0 Å². The van der Waals surface area contributed by atoms with Crippen molar-refractivity contribution in [2.75, 3.05) is 13.6 Å². The Morgan fingerprint density at radius 2 is 2.17 bits per heavy atom. The smallest absolute Gasteiger partial charge is 0.136 e. The van der Waals surface area contributed by atoms with Gasteiger partial charge in [0.15, 0.2) is 0 Å². The Balaban J connectivity index is 2.39. The summed E-state index contributed by atoms with van der Waals surface area (Å²) >= 11 is 6.36. The lowest BCUT2D eigenvalue weighted by Crippen LogP contribution is -2.13. The molecular weight excluding hydrogens is 246 g/mol. The van der Waals surface area contributed by atoms with E-state index >= 15 is 0 Å². The van der Waals surface area contributed by atoms with Crippen molar-refractivity contribution in [3.63, 3.8) is 0 Å². The highest BCUT2D eigenvalue weighted by molar-refractivity contribution is 6.32. The minimum Gasteiger partial charge on any atom is -0.322 e. The first kappa shape index (κ1) is 13.1. The van der Waals surface area contributed by atoms with E-state index in [9.17, 15) is 0 Å². The fourth-order valence-electron chi connectivity index (χ4n) is 1.96. The number of rotatable bonds is 4. The van der Waals surface area contributed by atoms with E-state index in [1.165, 1.54) is 5.56 Å². The highest BCUT2D eigenvalue weighted by Gasteiger charge is 2.14. The SMILES string of the molecule is CNCCc1nc(-c2cccc(C)c2)c(Cl)n1C. The van der Waals surface area contributed by atoms with Gasteiger partial charge in [0.25, 0.3) is 0 Å². The van der Waals surface area contributed by atoms with Crippen molar-refractivity contribution in [3.05, 3.63) is 40.8 Å². The normalized spacial score (nSPS) is 10.9. The summed E-state index contributed by atoms with van der Waals surface area (Å²) in [6.07, 6.45) is 0.874. The maximum absolute atomic E-state index is 6.36. The Labute approximate surface area is 113 Å². The highest BCUT2D eigenvalue weighted by Crippen LogP contribution is 2.28. The topological polar surface area (TPSA) is 29.9 Å². The van der Waals surface area contributed by atoms with Gasteiger partial charge < -0.3 is 9.88 Å². The average molecular weight is 264 g/mol. The molecule has 0 aliphatic rings. The van der Waals surface area contributed by atoms with Gasteiger partial charge in [-0.15, -0.1) is 0 Å². The van der Waals surface area contributed by atoms with Gasteiger partial charge in [-0.25, -0.2) is 4.98 Å². The largest absolute Gasteiger partial charge is 0.322 e. The molecule has 1 heterocycles. The van der Waals surface area contributed by atoms with Gasteiger partial charge in [0.2, 0.25) is 0 Å². The lowest BCUT2D eigenvalue weighted by molar-refractivity contribution is 0.718. The predicted octanol–water partition coefficient (Wildman–Crippen LogP) is 2.81. The summed E-state index contributed by atoms with van der Waals surface area (Å²) in [4.78, 5) is 4.65. The number of hydrogen-bond donors (Lipinski definition) is 1. The first-order valence-electron chi connectivity index (χ1n) is 6.06. The van der Waals surface area contributed by atoms with E-state index < -0.39 is 0 Å². The first-order valence-corrected chi connectivity index (χ1v) is 6.44. The molecule has 0 saturated carbocycles. The van der Waals surface area contributed by atoms with Gasteiger partial charge in [0.05, 0.1) is 0 Å². The summed E-state index contributed by atoms with van der Waals surface area (Å²) in [5.74, 6) is 1.01. The predicted molar refractivity (Wildman–Crippen MR) is 76.0 cm³/mol. The van der Waals surface area contributed by atoms with Crippen LogP contribution >= 0.6 is 11.6 Å². The molecule has 3 nitrogen and oxygen atoms in total. The summed E-state index contributed by atoms with van der Waals surface area (Å²) in [6, 6.07) is 8.25. The number of imidazole rings is 1. The molecule has 0 unspecified atom stereocenters. The average Bonchev–Trinajstić information content (AvgIpc) is 2.64. The Bertz CT molecular complexity index is 546. The number of benzene rings is 1. The molecule has 18 heavy (non-hydrogen) atoms. The molecule has 1 aromatic heterocycles. The van der Waals surface area contributed by atoms with E-state index in [4.69, 9.17) is 11.6 Å². The molecule has 0 amide bonds. The molecule has 4 heteroatoms. The van der Waals surface area contributed by atoms with Crippen LogP contribution in [-0.4, -0.2) is 23.1 Å². The number of likely N-dealkylation sites (N-methyl/N-ethyl adjacent to an activating group) is 1. The van der Waals surface area contributed by atoms with Gasteiger partial charge in [0.1, 0.15) is 16.7 Å². The quantitative estimate of drug-likeness (QED) is 0.919. The zero-order valence-electron chi connectivity index (χ0n) is 11.0. The van der Waals surface area contributed by atoms with Crippen molar-refractivity contribution >= 4 is 11.6 Å². The second kappa shape index (κ2) is 5.55. The van der Waals surface area contributed by atoms with Crippen LogP contribution in [0, 0.1) is 6.92 Å². The molecule has 0 bridgehead atoms. The molecule has 1 aromatic carbocycles. The molecule has 0 spiro atoms. The molecule has 0 fully saturated rings. The maximum atomic E-state index is 6.36. The van der Waals surface area contributed by atoms with Gasteiger partial charge in [-0.1, -0.05) is 35.4 Å². The molecule has 1 N–H and O–H groups in total. The standard InChI is InChI=1S/C14H18ClN3/c1-10-5-4-6-11(9-10)13-14(15)18(3)12(17-13)7-8-16-2/h4-6,9,16H,7-8H2,1-3H3. The number of nitrogens with zero attached hydrogens (tertiary/aromatic N) is 2. The third-order valence-electron chi connectivity index (χ3n) is 3.01. The molecular formula is C14H18ClN3. The summed E-state index contributed by atoms with van der Waals surface area (Å²) in [5, 5.41) is 3.83. The summed E-state index contributed by atoms with van der Waals surface area (Å²) in [7, 11) is 3.89. The van der Waals surface area contributed by atoms with Crippen LogP contribution in [0.15, 0.2) is 24.3 Å². The van der Waals surface area contributed by atoms with E-state index in [-0.39, 0.29) is 0 Å². The summed E-state index contributed by atoms with van der Waals surface area (Å²) < 4.78 is 1.95. The maximum Gasteiger partial charge on any atom is 0.136 e. The summed E-state index contributed by atoms with van der Waals surface area (Å²) in [5.41, 5.74) is 3.16. The van der Waals surface area contributed by atoms with Gasteiger partial charge in [-0.3, -0.25) is 0 Å². The van der Waals surface area contributed by atoms with Crippen LogP contribution in [-0.2, 0) is 13.5 Å². The lowest BCUT2D eigenvalue weighted by atomic mass is 10.1. The third kappa shape index (κ3) is 2.57. The van der Waals surface area contributed by atoms with Crippen LogP contribution in [0.2, 0.25) is 5.15 Å². The molecule has 0 atom stereocenters. The lowest BCUT2D eigenvalue weighted by Gasteiger charge is -2.01. The van der Waals surface area contributed by atoms with Crippen molar-refractivity contribution in [3.8, 4) is 11.3 Å². The van der Waals surface area contributed by atoms with E-state index in [1.807, 2.05) is 30.8 Å². The molecule has 0 aliphatic carbocycles. The van der Waals surface area contributed by atoms with Gasteiger partial charge in [-0.2, -0.15) is 0 Å². The van der Waals surface area contributed by atoms with Crippen molar-refractivity contribution in [1.29, 1.82) is 0 Å². The molecule has 96 valence electrons. The second-order valence-corrected chi connectivity index (χ2v) is 4.81. The van der Waals surface area contributed by atoms with E-state index in [0.717, 1.165) is 30.0 Å². The number of halogens is 1. The van der Waals surface area contributed by atoms with Crippen molar-refractivity contribution in [1.82, 2.24) is 14.9 Å². The number of hydrogen-bond acceptors (Lipinski definition) is 2. The van der Waals surface area contributed by atoms with Crippen molar-refractivity contribution in [2.24, 2.45) is 7.05 Å². The first-order chi connectivity index (χ1) is 8.63. The van der Waals surface area contributed by atoms with Crippen LogP contribution < -0.4 is 5.32 Å². The van der Waals surface area contributed by atoms with E-state index in [2.05, 4.69) is 29.4 Å². The molecule has 2 rings (SSSR count). The Morgan fingerprint density at radius 3 is 2.83 bits per heavy atom. The van der Waals surface area contributed by atoms with Crippen LogP contribution in [0.1, 0.15) is 11.4 Å². The summed E-state index contributed by atoms with van der Waals surface area (Å²) in [6.45, 7) is 2.97. The molecule has 2 aromatic rings. The van der Waals surface area contributed by atoms with E-state index in [0.29, 0.717) is 5.15 Å². The number of aromatic nitrogens is 2. The van der Waals surface area contributed by atoms with Crippen LogP contribution in [0.5, 0.6) is 0 Å². The third-order valence-corrected chi connectivity index (χ3v) is 3.44. The molecule has 0 aliphatic heterocycles. The highest BCUT2D eigenvalue weighted by atomic mass is 35.5. The minimum absolute atomic E-state index is 0.701. The minimum atomic E-state index is 0.701. The Kier molecular flexibility index (Phi) is 4.04. The zero-order chi connectivity index (χ0) is 13.1. The fourth-order valence-corrected chi connectivity index (χ4v) is 2.21. The fraction of sp³-hybridized carbons (Fsp3) is 0.357. The molecule has 0 radical (unpaired) electrons. The van der Waals surface area contributed by atoms with Gasteiger partial charge in [0, 0.05) is 25.6 Å². The van der Waals surface area contributed by atoms with Crippen LogP contribution in [0.4, 0.5) is 0 Å². The zero-order valence-corrected chi connectivity index (χ0v) is 11.8. The monoisotopic (exact) mass is 263 g/mol.